The number of aliphatic carboxylic acids is 1. The van der Waals surface area contributed by atoms with Crippen molar-refractivity contribution in [3.05, 3.63) is 124 Å². The second-order valence-electron chi connectivity index (χ2n) is 11.2. The number of amides is 3. The van der Waals surface area contributed by atoms with Crippen LogP contribution in [0.4, 0.5) is 5.69 Å². The van der Waals surface area contributed by atoms with Crippen molar-refractivity contribution < 1.29 is 33.8 Å². The highest BCUT2D eigenvalue weighted by atomic mass is 16.5. The SMILES string of the molecule is COC(=O)[C@@H](Cc1ccccc1)NC(=O)c1ccc2c(c1)C(=Cc1[nH]c(C)c(C(=O)N[C@H](Cc3ccccc3)C(=O)O)c1C)C(=O)N2. The highest BCUT2D eigenvalue weighted by Gasteiger charge is 2.29. The molecule has 1 aromatic heterocycles. The third-order valence-electron chi connectivity index (χ3n) is 8.02. The molecule has 0 spiro atoms. The quantitative estimate of drug-likeness (QED) is 0.123. The maximum absolute atomic E-state index is 13.3. The number of nitrogens with one attached hydrogen (secondary N) is 4. The monoisotopic (exact) mass is 634 g/mol. The molecule has 11 nitrogen and oxygen atoms in total. The first-order chi connectivity index (χ1) is 22.5. The number of esters is 1. The third-order valence-corrected chi connectivity index (χ3v) is 8.02. The zero-order valence-electron chi connectivity index (χ0n) is 26.0. The largest absolute Gasteiger partial charge is 0.480 e. The first kappa shape index (κ1) is 32.4. The van der Waals surface area contributed by atoms with E-state index in [9.17, 15) is 29.1 Å². The Kier molecular flexibility index (Phi) is 9.65. The van der Waals surface area contributed by atoms with Crippen LogP contribution in [0, 0.1) is 13.8 Å². The lowest BCUT2D eigenvalue weighted by Crippen LogP contribution is -2.43. The van der Waals surface area contributed by atoms with E-state index < -0.39 is 41.7 Å². The van der Waals surface area contributed by atoms with Crippen molar-refractivity contribution in [2.24, 2.45) is 0 Å². The Bertz CT molecular complexity index is 1880. The van der Waals surface area contributed by atoms with E-state index >= 15 is 0 Å². The van der Waals surface area contributed by atoms with Crippen molar-refractivity contribution >= 4 is 47.0 Å². The molecule has 47 heavy (non-hydrogen) atoms. The van der Waals surface area contributed by atoms with E-state index in [1.165, 1.54) is 7.11 Å². The zero-order chi connectivity index (χ0) is 33.7. The van der Waals surface area contributed by atoms with Gasteiger partial charge in [-0.1, -0.05) is 60.7 Å². The number of rotatable bonds is 11. The summed E-state index contributed by atoms with van der Waals surface area (Å²) in [5.41, 5.74) is 4.82. The minimum Gasteiger partial charge on any atom is -0.480 e. The highest BCUT2D eigenvalue weighted by Crippen LogP contribution is 2.35. The molecule has 0 unspecified atom stereocenters. The second kappa shape index (κ2) is 14.0. The molecule has 0 saturated heterocycles. The number of aromatic amines is 1. The van der Waals surface area contributed by atoms with E-state index in [0.717, 1.165) is 11.1 Å². The van der Waals surface area contributed by atoms with Crippen molar-refractivity contribution in [2.45, 2.75) is 38.8 Å². The predicted octanol–water partition coefficient (Wildman–Crippen LogP) is 4.06. The van der Waals surface area contributed by atoms with Gasteiger partial charge in [0.25, 0.3) is 17.7 Å². The van der Waals surface area contributed by atoms with Crippen LogP contribution in [0.15, 0.2) is 78.9 Å². The Hall–Kier alpha value is -5.97. The van der Waals surface area contributed by atoms with Crippen LogP contribution in [-0.4, -0.2) is 58.9 Å². The lowest BCUT2D eigenvalue weighted by molar-refractivity contribution is -0.143. The molecule has 0 aliphatic carbocycles. The Morgan fingerprint density at radius 2 is 1.45 bits per heavy atom. The molecule has 1 aliphatic heterocycles. The second-order valence-corrected chi connectivity index (χ2v) is 11.2. The van der Waals surface area contributed by atoms with E-state index in [1.807, 2.05) is 36.4 Å². The number of carbonyl (C=O) groups is 5. The Balaban J connectivity index is 1.38. The minimum atomic E-state index is -1.16. The molecule has 240 valence electrons. The highest BCUT2D eigenvalue weighted by molar-refractivity contribution is 6.35. The summed E-state index contributed by atoms with van der Waals surface area (Å²) in [5, 5.41) is 17.9. The average molecular weight is 635 g/mol. The van der Waals surface area contributed by atoms with Gasteiger partial charge in [-0.05, 0) is 54.8 Å². The van der Waals surface area contributed by atoms with Crippen LogP contribution in [0.3, 0.4) is 0 Å². The summed E-state index contributed by atoms with van der Waals surface area (Å²) in [4.78, 5) is 67.3. The maximum atomic E-state index is 13.3. The van der Waals surface area contributed by atoms with Gasteiger partial charge >= 0.3 is 11.9 Å². The van der Waals surface area contributed by atoms with Crippen LogP contribution in [0.5, 0.6) is 0 Å². The molecule has 0 radical (unpaired) electrons. The van der Waals surface area contributed by atoms with E-state index in [2.05, 4.69) is 20.9 Å². The molecule has 0 bridgehead atoms. The minimum absolute atomic E-state index is 0.112. The standard InChI is InChI=1S/C36H34N4O7/c1-20-28(37-21(2)31(20)34(43)39-29(35(44)45)16-22-10-6-4-7-11-22)19-26-25-18-24(14-15-27(25)38-33(26)42)32(41)40-30(36(46)47-3)17-23-12-8-5-9-13-23/h4-15,18-19,29-30,37H,16-17H2,1-3H3,(H,38,42)(H,39,43)(H,40,41)(H,44,45)/t29-,30-/m1/s1. The third kappa shape index (κ3) is 7.30. The van der Waals surface area contributed by atoms with Crippen LogP contribution in [0.1, 0.15) is 54.4 Å². The van der Waals surface area contributed by atoms with Crippen molar-refractivity contribution in [2.75, 3.05) is 12.4 Å². The van der Waals surface area contributed by atoms with Crippen LogP contribution < -0.4 is 16.0 Å². The number of aryl methyl sites for hydroxylation is 1. The smallest absolute Gasteiger partial charge is 0.328 e. The van der Waals surface area contributed by atoms with Crippen LogP contribution >= 0.6 is 0 Å². The van der Waals surface area contributed by atoms with E-state index in [0.29, 0.717) is 28.2 Å². The lowest BCUT2D eigenvalue weighted by Gasteiger charge is -2.17. The van der Waals surface area contributed by atoms with E-state index in [4.69, 9.17) is 4.74 Å². The molecule has 4 aromatic rings. The van der Waals surface area contributed by atoms with Crippen LogP contribution in [-0.2, 0) is 32.0 Å². The fourth-order valence-corrected chi connectivity index (χ4v) is 5.58. The number of hydrogen-bond donors (Lipinski definition) is 5. The first-order valence-corrected chi connectivity index (χ1v) is 14.9. The fraction of sp³-hybridized carbons (Fsp3) is 0.194. The Morgan fingerprint density at radius 1 is 0.851 bits per heavy atom. The zero-order valence-corrected chi connectivity index (χ0v) is 26.0. The molecule has 1 aliphatic rings. The molecule has 3 amide bonds. The van der Waals surface area contributed by atoms with Gasteiger partial charge in [-0.3, -0.25) is 14.4 Å². The molecule has 3 aromatic carbocycles. The topological polar surface area (TPSA) is 167 Å². The number of aromatic nitrogens is 1. The molecule has 2 atom stereocenters. The van der Waals surface area contributed by atoms with Crippen LogP contribution in [0.2, 0.25) is 0 Å². The first-order valence-electron chi connectivity index (χ1n) is 14.9. The molecule has 2 heterocycles. The number of hydrogen-bond acceptors (Lipinski definition) is 6. The number of methoxy groups -OCH3 is 1. The molecule has 0 fully saturated rings. The normalized spacial score (nSPS) is 14.1. The molecular formula is C36H34N4O7. The Labute approximate surface area is 271 Å². The lowest BCUT2D eigenvalue weighted by atomic mass is 10.0. The number of carboxylic acids is 1. The van der Waals surface area contributed by atoms with Gasteiger partial charge in [0.15, 0.2) is 0 Å². The number of fused-ring (bicyclic) bond motifs is 1. The van der Waals surface area contributed by atoms with Crippen molar-refractivity contribution in [1.82, 2.24) is 15.6 Å². The van der Waals surface area contributed by atoms with Crippen molar-refractivity contribution in [1.29, 1.82) is 0 Å². The summed E-state index contributed by atoms with van der Waals surface area (Å²) in [5.74, 6) is -3.23. The van der Waals surface area contributed by atoms with Gasteiger partial charge < -0.3 is 30.8 Å². The molecule has 11 heteroatoms. The summed E-state index contributed by atoms with van der Waals surface area (Å²) < 4.78 is 4.91. The summed E-state index contributed by atoms with van der Waals surface area (Å²) in [6.07, 6.45) is 1.93. The van der Waals surface area contributed by atoms with Gasteiger partial charge in [-0.2, -0.15) is 0 Å². The van der Waals surface area contributed by atoms with Crippen molar-refractivity contribution in [3.8, 4) is 0 Å². The van der Waals surface area contributed by atoms with Gasteiger partial charge in [0.05, 0.1) is 18.2 Å². The summed E-state index contributed by atoms with van der Waals surface area (Å²) in [7, 11) is 1.25. The van der Waals surface area contributed by atoms with Gasteiger partial charge in [-0.25, -0.2) is 9.59 Å². The Morgan fingerprint density at radius 3 is 2.04 bits per heavy atom. The fourth-order valence-electron chi connectivity index (χ4n) is 5.58. The summed E-state index contributed by atoms with van der Waals surface area (Å²) in [6.45, 7) is 3.39. The van der Waals surface area contributed by atoms with Gasteiger partial charge in [0.1, 0.15) is 12.1 Å². The van der Waals surface area contributed by atoms with Gasteiger partial charge in [0, 0.05) is 41.0 Å². The number of H-pyrrole nitrogens is 1. The molecule has 0 saturated carbocycles. The van der Waals surface area contributed by atoms with E-state index in [1.54, 1.807) is 62.4 Å². The van der Waals surface area contributed by atoms with E-state index in [-0.39, 0.29) is 29.5 Å². The summed E-state index contributed by atoms with van der Waals surface area (Å²) >= 11 is 0. The van der Waals surface area contributed by atoms with Crippen LogP contribution in [0.25, 0.3) is 11.6 Å². The molecule has 5 N–H and O–H groups in total. The predicted molar refractivity (Wildman–Crippen MR) is 176 cm³/mol. The summed E-state index contributed by atoms with van der Waals surface area (Å²) in [6, 6.07) is 20.9. The number of carbonyl (C=O) groups excluding carboxylic acids is 4. The molecule has 5 rings (SSSR count). The number of ether oxygens (including phenoxy) is 1. The number of anilines is 1. The average Bonchev–Trinajstić information content (AvgIpc) is 3.53. The van der Waals surface area contributed by atoms with Gasteiger partial charge in [-0.15, -0.1) is 0 Å². The van der Waals surface area contributed by atoms with Crippen molar-refractivity contribution in [3.63, 3.8) is 0 Å². The number of benzene rings is 3. The van der Waals surface area contributed by atoms with Gasteiger partial charge in [0.2, 0.25) is 0 Å². The maximum Gasteiger partial charge on any atom is 0.328 e. The molecular weight excluding hydrogens is 600 g/mol. The number of carboxylic acid groups (broad SMARTS) is 1.